The second-order valence-corrected chi connectivity index (χ2v) is 7.40. The molecule has 1 fully saturated rings. The van der Waals surface area contributed by atoms with Gasteiger partial charge >= 0.3 is 0 Å². The van der Waals surface area contributed by atoms with Gasteiger partial charge < -0.3 is 15.4 Å². The van der Waals surface area contributed by atoms with Crippen molar-refractivity contribution in [3.05, 3.63) is 35.4 Å². The van der Waals surface area contributed by atoms with Crippen molar-refractivity contribution in [1.29, 1.82) is 0 Å². The Kier molecular flexibility index (Phi) is 11.9. The standard InChI is InChI=1S/C21H36N4O.HI/c1-17(16-26-4)24-21(22-2)23-14-18-10-8-9-11-19(18)15-25(3)20-12-6-5-7-13-20;/h8-11,17,20H,5-7,12-16H2,1-4H3,(H2,22,23,24);1H. The topological polar surface area (TPSA) is 48.9 Å². The summed E-state index contributed by atoms with van der Waals surface area (Å²) in [6.07, 6.45) is 6.83. The van der Waals surface area contributed by atoms with Crippen LogP contribution < -0.4 is 10.6 Å². The summed E-state index contributed by atoms with van der Waals surface area (Å²) >= 11 is 0. The maximum absolute atomic E-state index is 5.18. The average Bonchev–Trinajstić information content (AvgIpc) is 2.67. The Morgan fingerprint density at radius 2 is 1.89 bits per heavy atom. The third-order valence-electron chi connectivity index (χ3n) is 5.21. The van der Waals surface area contributed by atoms with Gasteiger partial charge in [-0.25, -0.2) is 0 Å². The van der Waals surface area contributed by atoms with Gasteiger partial charge in [0.25, 0.3) is 0 Å². The molecule has 0 amide bonds. The number of hydrogen-bond donors (Lipinski definition) is 2. The summed E-state index contributed by atoms with van der Waals surface area (Å²) in [5, 5.41) is 6.79. The number of halogens is 1. The predicted molar refractivity (Wildman–Crippen MR) is 125 cm³/mol. The molecule has 0 aliphatic heterocycles. The number of aliphatic imine (C=N–C) groups is 1. The van der Waals surface area contributed by atoms with Gasteiger partial charge in [-0.15, -0.1) is 24.0 Å². The van der Waals surface area contributed by atoms with Crippen LogP contribution in [0.3, 0.4) is 0 Å². The first-order valence-corrected chi connectivity index (χ1v) is 9.87. The second-order valence-electron chi connectivity index (χ2n) is 7.40. The van der Waals surface area contributed by atoms with Crippen LogP contribution in [0.2, 0.25) is 0 Å². The average molecular weight is 488 g/mol. The van der Waals surface area contributed by atoms with Gasteiger partial charge in [0.15, 0.2) is 5.96 Å². The highest BCUT2D eigenvalue weighted by atomic mass is 127. The van der Waals surface area contributed by atoms with Crippen LogP contribution in [0.25, 0.3) is 0 Å². The Balaban J connectivity index is 0.00000364. The third-order valence-corrected chi connectivity index (χ3v) is 5.21. The fraction of sp³-hybridized carbons (Fsp3) is 0.667. The number of hydrogen-bond acceptors (Lipinski definition) is 3. The van der Waals surface area contributed by atoms with E-state index in [1.165, 1.54) is 43.2 Å². The molecule has 154 valence electrons. The predicted octanol–water partition coefficient (Wildman–Crippen LogP) is 3.77. The lowest BCUT2D eigenvalue weighted by Gasteiger charge is -2.31. The lowest BCUT2D eigenvalue weighted by Crippen LogP contribution is -2.43. The Hall–Kier alpha value is -0.860. The van der Waals surface area contributed by atoms with Crippen LogP contribution in [0.1, 0.15) is 50.2 Å². The van der Waals surface area contributed by atoms with E-state index in [0.29, 0.717) is 6.61 Å². The minimum atomic E-state index is 0. The molecule has 6 heteroatoms. The number of guanidine groups is 1. The molecule has 0 spiro atoms. The summed E-state index contributed by atoms with van der Waals surface area (Å²) < 4.78 is 5.18. The second kappa shape index (κ2) is 13.3. The molecule has 0 radical (unpaired) electrons. The Bertz CT molecular complexity index is 561. The van der Waals surface area contributed by atoms with E-state index in [-0.39, 0.29) is 30.0 Å². The molecule has 1 aliphatic carbocycles. The summed E-state index contributed by atoms with van der Waals surface area (Å²) in [7, 11) is 5.79. The number of nitrogens with zero attached hydrogens (tertiary/aromatic N) is 2. The smallest absolute Gasteiger partial charge is 0.191 e. The number of ether oxygens (including phenoxy) is 1. The molecule has 0 heterocycles. The minimum absolute atomic E-state index is 0. The molecule has 1 unspecified atom stereocenters. The zero-order valence-corrected chi connectivity index (χ0v) is 19.7. The fourth-order valence-corrected chi connectivity index (χ4v) is 3.70. The largest absolute Gasteiger partial charge is 0.383 e. The van der Waals surface area contributed by atoms with E-state index in [4.69, 9.17) is 4.74 Å². The van der Waals surface area contributed by atoms with Crippen molar-refractivity contribution in [3.63, 3.8) is 0 Å². The molecular formula is C21H37IN4O. The number of benzene rings is 1. The molecular weight excluding hydrogens is 451 g/mol. The first-order chi connectivity index (χ1) is 12.6. The molecule has 1 atom stereocenters. The third kappa shape index (κ3) is 8.35. The van der Waals surface area contributed by atoms with Gasteiger partial charge in [0.05, 0.1) is 6.61 Å². The molecule has 1 aliphatic rings. The fourth-order valence-electron chi connectivity index (χ4n) is 3.70. The summed E-state index contributed by atoms with van der Waals surface area (Å²) in [6.45, 7) is 4.52. The highest BCUT2D eigenvalue weighted by molar-refractivity contribution is 14.0. The van der Waals surface area contributed by atoms with Crippen LogP contribution in [0.5, 0.6) is 0 Å². The molecule has 0 aromatic heterocycles. The molecule has 0 saturated heterocycles. The summed E-state index contributed by atoms with van der Waals surface area (Å²) in [6, 6.07) is 9.67. The van der Waals surface area contributed by atoms with Gasteiger partial charge in [0.1, 0.15) is 0 Å². The SMILES string of the molecule is CN=C(NCc1ccccc1CN(C)C1CCCCC1)NC(C)COC.I. The van der Waals surface area contributed by atoms with Crippen molar-refractivity contribution in [3.8, 4) is 0 Å². The molecule has 5 nitrogen and oxygen atoms in total. The normalized spacial score (nSPS) is 16.7. The van der Waals surface area contributed by atoms with Gasteiger partial charge in [0, 0.05) is 39.3 Å². The monoisotopic (exact) mass is 488 g/mol. The number of nitrogens with one attached hydrogen (secondary N) is 2. The van der Waals surface area contributed by atoms with E-state index in [2.05, 4.69) is 58.8 Å². The van der Waals surface area contributed by atoms with E-state index in [0.717, 1.165) is 25.1 Å². The van der Waals surface area contributed by atoms with Crippen LogP contribution in [-0.2, 0) is 17.8 Å². The van der Waals surface area contributed by atoms with Crippen LogP contribution in [0.15, 0.2) is 29.3 Å². The highest BCUT2D eigenvalue weighted by Gasteiger charge is 2.18. The lowest BCUT2D eigenvalue weighted by atomic mass is 9.94. The molecule has 1 aromatic carbocycles. The zero-order chi connectivity index (χ0) is 18.8. The van der Waals surface area contributed by atoms with Crippen molar-refractivity contribution in [2.24, 2.45) is 4.99 Å². The van der Waals surface area contributed by atoms with Crippen LogP contribution >= 0.6 is 24.0 Å². The van der Waals surface area contributed by atoms with Crippen molar-refractivity contribution >= 4 is 29.9 Å². The van der Waals surface area contributed by atoms with Gasteiger partial charge in [-0.05, 0) is 37.9 Å². The van der Waals surface area contributed by atoms with Gasteiger partial charge in [-0.1, -0.05) is 43.5 Å². The molecule has 1 saturated carbocycles. The number of rotatable bonds is 8. The molecule has 27 heavy (non-hydrogen) atoms. The molecule has 1 aromatic rings. The van der Waals surface area contributed by atoms with E-state index in [9.17, 15) is 0 Å². The van der Waals surface area contributed by atoms with Gasteiger partial charge in [0.2, 0.25) is 0 Å². The van der Waals surface area contributed by atoms with E-state index in [1.54, 1.807) is 14.2 Å². The van der Waals surface area contributed by atoms with Gasteiger partial charge in [-0.2, -0.15) is 0 Å². The van der Waals surface area contributed by atoms with Gasteiger partial charge in [-0.3, -0.25) is 9.89 Å². The Morgan fingerprint density at radius 3 is 2.52 bits per heavy atom. The Morgan fingerprint density at radius 1 is 1.22 bits per heavy atom. The van der Waals surface area contributed by atoms with Crippen LogP contribution in [0.4, 0.5) is 0 Å². The Labute approximate surface area is 182 Å². The van der Waals surface area contributed by atoms with Crippen molar-refractivity contribution in [2.75, 3.05) is 27.8 Å². The van der Waals surface area contributed by atoms with E-state index in [1.807, 2.05) is 0 Å². The number of methoxy groups -OCH3 is 1. The molecule has 0 bridgehead atoms. The summed E-state index contributed by atoms with van der Waals surface area (Å²) in [5.41, 5.74) is 2.73. The van der Waals surface area contributed by atoms with E-state index >= 15 is 0 Å². The molecule has 2 rings (SSSR count). The first kappa shape index (κ1) is 24.2. The summed E-state index contributed by atoms with van der Waals surface area (Å²) in [5.74, 6) is 0.810. The quantitative estimate of drug-likeness (QED) is 0.333. The van der Waals surface area contributed by atoms with E-state index < -0.39 is 0 Å². The van der Waals surface area contributed by atoms with Crippen LogP contribution in [0, 0.1) is 0 Å². The maximum atomic E-state index is 5.18. The minimum Gasteiger partial charge on any atom is -0.383 e. The zero-order valence-electron chi connectivity index (χ0n) is 17.3. The first-order valence-electron chi connectivity index (χ1n) is 9.87. The highest BCUT2D eigenvalue weighted by Crippen LogP contribution is 2.23. The summed E-state index contributed by atoms with van der Waals surface area (Å²) in [4.78, 5) is 6.85. The van der Waals surface area contributed by atoms with Crippen molar-refractivity contribution < 1.29 is 4.74 Å². The van der Waals surface area contributed by atoms with Crippen molar-refractivity contribution in [2.45, 2.75) is 64.2 Å². The van der Waals surface area contributed by atoms with Crippen LogP contribution in [-0.4, -0.2) is 50.8 Å². The van der Waals surface area contributed by atoms with Crippen molar-refractivity contribution in [1.82, 2.24) is 15.5 Å². The maximum Gasteiger partial charge on any atom is 0.191 e. The lowest BCUT2D eigenvalue weighted by molar-refractivity contribution is 0.179. The molecule has 2 N–H and O–H groups in total.